The number of ether oxygens (including phenoxy) is 1. The van der Waals surface area contributed by atoms with E-state index >= 15 is 0 Å². The molecule has 150 valence electrons. The number of hydrogen-bond acceptors (Lipinski definition) is 5. The fraction of sp³-hybridized carbons (Fsp3) is 0.455. The smallest absolute Gasteiger partial charge is 0.213 e. The predicted molar refractivity (Wildman–Crippen MR) is 113 cm³/mol. The number of nitrogens with zero attached hydrogens (tertiary/aromatic N) is 1. The van der Waals surface area contributed by atoms with Gasteiger partial charge in [0.15, 0.2) is 5.78 Å². The Balaban J connectivity index is 1.62. The van der Waals surface area contributed by atoms with Gasteiger partial charge in [-0.25, -0.2) is 4.98 Å². The second-order valence-electron chi connectivity index (χ2n) is 8.13. The van der Waals surface area contributed by atoms with E-state index in [9.17, 15) is 4.79 Å². The van der Waals surface area contributed by atoms with Gasteiger partial charge < -0.3 is 15.4 Å². The SMILES string of the molecule is CC(C)(C)C(=O)COc1ccc(CNc2c(Cl)ccc3c2CCNCC3)cn1. The Labute approximate surface area is 171 Å². The number of Topliss-reactive ketones (excluding diaryl/α,β-unsaturated/α-hetero) is 1. The molecule has 28 heavy (non-hydrogen) atoms. The third kappa shape index (κ3) is 5.24. The summed E-state index contributed by atoms with van der Waals surface area (Å²) >= 11 is 6.46. The predicted octanol–water partition coefficient (Wildman–Crippen LogP) is 4.03. The van der Waals surface area contributed by atoms with Gasteiger partial charge in [0.2, 0.25) is 5.88 Å². The van der Waals surface area contributed by atoms with Crippen LogP contribution in [0.15, 0.2) is 30.5 Å². The molecule has 0 aliphatic carbocycles. The van der Waals surface area contributed by atoms with Gasteiger partial charge in [0.1, 0.15) is 6.61 Å². The Kier molecular flexibility index (Phi) is 6.57. The summed E-state index contributed by atoms with van der Waals surface area (Å²) in [5.41, 5.74) is 4.27. The highest BCUT2D eigenvalue weighted by molar-refractivity contribution is 6.33. The van der Waals surface area contributed by atoms with Crippen LogP contribution in [0.2, 0.25) is 5.02 Å². The number of ketones is 1. The lowest BCUT2D eigenvalue weighted by Crippen LogP contribution is -2.26. The van der Waals surface area contributed by atoms with Crippen molar-refractivity contribution in [2.75, 3.05) is 25.0 Å². The van der Waals surface area contributed by atoms with Gasteiger partial charge in [0.05, 0.1) is 10.7 Å². The Hall–Kier alpha value is -2.11. The number of benzene rings is 1. The number of aromatic nitrogens is 1. The third-order valence-electron chi connectivity index (χ3n) is 4.94. The minimum atomic E-state index is -0.410. The average molecular weight is 402 g/mol. The Morgan fingerprint density at radius 3 is 2.71 bits per heavy atom. The molecule has 2 aromatic rings. The minimum absolute atomic E-state index is 0.0356. The highest BCUT2D eigenvalue weighted by atomic mass is 35.5. The second-order valence-corrected chi connectivity index (χ2v) is 8.54. The molecule has 6 heteroatoms. The molecule has 2 heterocycles. The van der Waals surface area contributed by atoms with Crippen molar-refractivity contribution >= 4 is 23.1 Å². The zero-order valence-corrected chi connectivity index (χ0v) is 17.5. The van der Waals surface area contributed by atoms with Crippen molar-refractivity contribution in [2.24, 2.45) is 5.41 Å². The Morgan fingerprint density at radius 2 is 2.00 bits per heavy atom. The van der Waals surface area contributed by atoms with Crippen LogP contribution in [0, 0.1) is 5.41 Å². The maximum atomic E-state index is 12.0. The minimum Gasteiger partial charge on any atom is -0.470 e. The highest BCUT2D eigenvalue weighted by Crippen LogP contribution is 2.31. The number of carbonyl (C=O) groups is 1. The fourth-order valence-electron chi connectivity index (χ4n) is 3.08. The lowest BCUT2D eigenvalue weighted by atomic mass is 9.91. The van der Waals surface area contributed by atoms with E-state index in [1.807, 2.05) is 32.9 Å². The number of nitrogens with one attached hydrogen (secondary N) is 2. The summed E-state index contributed by atoms with van der Waals surface area (Å²) in [5.74, 6) is 0.507. The monoisotopic (exact) mass is 401 g/mol. The maximum absolute atomic E-state index is 12.0. The molecule has 0 amide bonds. The molecular formula is C22H28ClN3O2. The molecule has 1 aliphatic rings. The molecule has 3 rings (SSSR count). The normalized spacial score (nSPS) is 14.1. The molecule has 1 aliphatic heterocycles. The summed E-state index contributed by atoms with van der Waals surface area (Å²) in [6, 6.07) is 7.84. The first-order valence-electron chi connectivity index (χ1n) is 9.70. The molecule has 0 bridgehead atoms. The molecule has 0 atom stereocenters. The van der Waals surface area contributed by atoms with Crippen molar-refractivity contribution in [1.82, 2.24) is 10.3 Å². The molecule has 5 nitrogen and oxygen atoms in total. The van der Waals surface area contributed by atoms with Crippen LogP contribution in [-0.4, -0.2) is 30.5 Å². The van der Waals surface area contributed by atoms with Crippen LogP contribution in [-0.2, 0) is 24.2 Å². The van der Waals surface area contributed by atoms with Crippen molar-refractivity contribution in [3.05, 3.63) is 52.2 Å². The quantitative estimate of drug-likeness (QED) is 0.765. The lowest BCUT2D eigenvalue weighted by Gasteiger charge is -2.17. The van der Waals surface area contributed by atoms with Crippen molar-refractivity contribution in [3.63, 3.8) is 0 Å². The van der Waals surface area contributed by atoms with Crippen LogP contribution in [0.5, 0.6) is 5.88 Å². The Morgan fingerprint density at radius 1 is 1.21 bits per heavy atom. The molecule has 0 saturated carbocycles. The summed E-state index contributed by atoms with van der Waals surface area (Å²) in [5, 5.41) is 7.66. The highest BCUT2D eigenvalue weighted by Gasteiger charge is 2.21. The van der Waals surface area contributed by atoms with Crippen LogP contribution in [0.1, 0.15) is 37.5 Å². The zero-order valence-electron chi connectivity index (χ0n) is 16.8. The second kappa shape index (κ2) is 8.93. The number of pyridine rings is 1. The van der Waals surface area contributed by atoms with Crippen molar-refractivity contribution in [3.8, 4) is 5.88 Å². The van der Waals surface area contributed by atoms with Gasteiger partial charge in [-0.2, -0.15) is 0 Å². The van der Waals surface area contributed by atoms with Gasteiger partial charge in [-0.1, -0.05) is 44.5 Å². The third-order valence-corrected chi connectivity index (χ3v) is 5.25. The van der Waals surface area contributed by atoms with Crippen molar-refractivity contribution in [1.29, 1.82) is 0 Å². The topological polar surface area (TPSA) is 63.2 Å². The van der Waals surface area contributed by atoms with Crippen LogP contribution < -0.4 is 15.4 Å². The van der Waals surface area contributed by atoms with Crippen molar-refractivity contribution in [2.45, 2.75) is 40.2 Å². The number of anilines is 1. The maximum Gasteiger partial charge on any atom is 0.213 e. The summed E-state index contributed by atoms with van der Waals surface area (Å²) in [7, 11) is 0. The standard InChI is InChI=1S/C22H28ClN3O2/c1-22(2,3)19(27)14-28-20-7-4-15(12-25-20)13-26-21-17-9-11-24-10-8-16(17)5-6-18(21)23/h4-7,12,24,26H,8-11,13-14H2,1-3H3. The first-order valence-corrected chi connectivity index (χ1v) is 10.1. The van der Waals surface area contributed by atoms with Crippen LogP contribution >= 0.6 is 11.6 Å². The van der Waals surface area contributed by atoms with E-state index in [-0.39, 0.29) is 12.4 Å². The molecule has 0 fully saturated rings. The van der Waals surface area contributed by atoms with Crippen LogP contribution in [0.25, 0.3) is 0 Å². The van der Waals surface area contributed by atoms with Gasteiger partial charge in [-0.3, -0.25) is 4.79 Å². The zero-order chi connectivity index (χ0) is 20.1. The van der Waals surface area contributed by atoms with Crippen LogP contribution in [0.4, 0.5) is 5.69 Å². The molecule has 0 radical (unpaired) electrons. The van der Waals surface area contributed by atoms with Gasteiger partial charge >= 0.3 is 0 Å². The van der Waals surface area contributed by atoms with Crippen molar-refractivity contribution < 1.29 is 9.53 Å². The summed E-state index contributed by atoms with van der Waals surface area (Å²) in [6.07, 6.45) is 3.74. The first kappa shape index (κ1) is 20.6. The molecule has 0 saturated heterocycles. The van der Waals surface area contributed by atoms with E-state index in [0.29, 0.717) is 12.4 Å². The molecule has 1 aromatic carbocycles. The number of fused-ring (bicyclic) bond motifs is 1. The first-order chi connectivity index (χ1) is 13.3. The van der Waals surface area contributed by atoms with E-state index in [4.69, 9.17) is 16.3 Å². The van der Waals surface area contributed by atoms with E-state index in [1.54, 1.807) is 12.3 Å². The van der Waals surface area contributed by atoms with E-state index < -0.39 is 5.41 Å². The molecule has 0 unspecified atom stereocenters. The number of hydrogen-bond donors (Lipinski definition) is 2. The number of carbonyl (C=O) groups excluding carboxylic acids is 1. The van der Waals surface area contributed by atoms with E-state index in [0.717, 1.165) is 42.2 Å². The van der Waals surface area contributed by atoms with Crippen LogP contribution in [0.3, 0.4) is 0 Å². The number of rotatable bonds is 6. The van der Waals surface area contributed by atoms with Gasteiger partial charge in [-0.05, 0) is 48.7 Å². The summed E-state index contributed by atoms with van der Waals surface area (Å²) in [6.45, 7) is 8.26. The largest absolute Gasteiger partial charge is 0.470 e. The van der Waals surface area contributed by atoms with Gasteiger partial charge in [0.25, 0.3) is 0 Å². The molecule has 0 spiro atoms. The average Bonchev–Trinajstić information content (AvgIpc) is 2.91. The Bertz CT molecular complexity index is 829. The van der Waals surface area contributed by atoms with Gasteiger partial charge in [0, 0.05) is 24.2 Å². The summed E-state index contributed by atoms with van der Waals surface area (Å²) in [4.78, 5) is 16.3. The van der Waals surface area contributed by atoms with E-state index in [1.165, 1.54) is 11.1 Å². The van der Waals surface area contributed by atoms with E-state index in [2.05, 4.69) is 21.7 Å². The van der Waals surface area contributed by atoms with Gasteiger partial charge in [-0.15, -0.1) is 0 Å². The summed E-state index contributed by atoms with van der Waals surface area (Å²) < 4.78 is 5.51. The molecule has 1 aromatic heterocycles. The molecule has 2 N–H and O–H groups in total. The fourth-order valence-corrected chi connectivity index (χ4v) is 3.33. The lowest BCUT2D eigenvalue weighted by molar-refractivity contribution is -0.128. The number of halogens is 1. The molecular weight excluding hydrogens is 374 g/mol.